The minimum atomic E-state index is -3.63. The Bertz CT molecular complexity index is 645. The lowest BCUT2D eigenvalue weighted by Gasteiger charge is -2.25. The zero-order valence-corrected chi connectivity index (χ0v) is 14.0. The molecule has 4 nitrogen and oxygen atoms in total. The van der Waals surface area contributed by atoms with Gasteiger partial charge in [-0.15, -0.1) is 0 Å². The maximum absolute atomic E-state index is 12.7. The van der Waals surface area contributed by atoms with Gasteiger partial charge in [0.1, 0.15) is 11.5 Å². The molecule has 0 unspecified atom stereocenters. The van der Waals surface area contributed by atoms with Gasteiger partial charge in [0.15, 0.2) is 0 Å². The molecule has 0 aromatic heterocycles. The van der Waals surface area contributed by atoms with E-state index in [2.05, 4.69) is 11.8 Å². The maximum Gasteiger partial charge on any atom is 0.244 e. The zero-order chi connectivity index (χ0) is 16.0. The average Bonchev–Trinajstić information content (AvgIpc) is 2.41. The Morgan fingerprint density at radius 2 is 2.05 bits per heavy atom. The third-order valence-corrected chi connectivity index (χ3v) is 5.41. The average molecular weight is 330 g/mol. The van der Waals surface area contributed by atoms with Gasteiger partial charge in [-0.3, -0.25) is 0 Å². The first kappa shape index (κ1) is 18.0. The molecule has 0 bridgehead atoms. The largest absolute Gasteiger partial charge is 0.384 e. The molecular weight excluding hydrogens is 310 g/mol. The Kier molecular flexibility index (Phi) is 6.69. The van der Waals surface area contributed by atoms with E-state index in [0.29, 0.717) is 12.1 Å². The number of halogens is 1. The van der Waals surface area contributed by atoms with E-state index in [1.165, 1.54) is 16.4 Å². The summed E-state index contributed by atoms with van der Waals surface area (Å²) in [6, 6.07) is 4.41. The van der Waals surface area contributed by atoms with Crippen molar-refractivity contribution in [2.24, 2.45) is 0 Å². The van der Waals surface area contributed by atoms with Crippen molar-refractivity contribution in [2.75, 3.05) is 13.2 Å². The first-order valence-electron chi connectivity index (χ1n) is 6.75. The van der Waals surface area contributed by atoms with Crippen molar-refractivity contribution in [3.8, 4) is 11.8 Å². The summed E-state index contributed by atoms with van der Waals surface area (Å²) in [6.07, 6.45) is 0.731. The quantitative estimate of drug-likeness (QED) is 0.844. The lowest BCUT2D eigenvalue weighted by atomic mass is 10.2. The van der Waals surface area contributed by atoms with Crippen LogP contribution in [0.4, 0.5) is 0 Å². The van der Waals surface area contributed by atoms with Gasteiger partial charge in [0.05, 0.1) is 5.02 Å². The molecule has 0 atom stereocenters. The summed E-state index contributed by atoms with van der Waals surface area (Å²) in [5, 5.41) is 8.80. The lowest BCUT2D eigenvalue weighted by Crippen LogP contribution is -2.37. The summed E-state index contributed by atoms with van der Waals surface area (Å²) in [5.41, 5.74) is 0.569. The highest BCUT2D eigenvalue weighted by atomic mass is 35.5. The molecule has 6 heteroatoms. The third-order valence-electron chi connectivity index (χ3n) is 2.85. The molecule has 1 rings (SSSR count). The van der Waals surface area contributed by atoms with Gasteiger partial charge in [-0.25, -0.2) is 8.42 Å². The molecular formula is C15H20ClNO3S. The fourth-order valence-corrected chi connectivity index (χ4v) is 4.18. The summed E-state index contributed by atoms with van der Waals surface area (Å²) in [7, 11) is -3.63. The van der Waals surface area contributed by atoms with E-state index in [-0.39, 0.29) is 22.6 Å². The third kappa shape index (κ3) is 4.45. The highest BCUT2D eigenvalue weighted by molar-refractivity contribution is 7.89. The van der Waals surface area contributed by atoms with Crippen LogP contribution in [0.5, 0.6) is 0 Å². The molecule has 0 amide bonds. The molecule has 1 aromatic carbocycles. The summed E-state index contributed by atoms with van der Waals surface area (Å²) < 4.78 is 26.8. The molecule has 0 spiro atoms. The smallest absolute Gasteiger partial charge is 0.244 e. The number of benzene rings is 1. The van der Waals surface area contributed by atoms with Crippen LogP contribution in [-0.2, 0) is 10.0 Å². The molecule has 0 aliphatic carbocycles. The van der Waals surface area contributed by atoms with Crippen LogP contribution in [0.15, 0.2) is 23.1 Å². The SMILES string of the molecule is CCCN(C(C)C)S(=O)(=O)c1ccc(C#CCO)cc1Cl. The van der Waals surface area contributed by atoms with Gasteiger partial charge >= 0.3 is 0 Å². The molecule has 0 saturated heterocycles. The Morgan fingerprint density at radius 1 is 1.38 bits per heavy atom. The number of sulfonamides is 1. The molecule has 1 aromatic rings. The molecule has 116 valence electrons. The highest BCUT2D eigenvalue weighted by Crippen LogP contribution is 2.27. The predicted molar refractivity (Wildman–Crippen MR) is 84.7 cm³/mol. The van der Waals surface area contributed by atoms with Crippen molar-refractivity contribution in [1.82, 2.24) is 4.31 Å². The van der Waals surface area contributed by atoms with Crippen LogP contribution in [0.2, 0.25) is 5.02 Å². The van der Waals surface area contributed by atoms with E-state index in [4.69, 9.17) is 16.7 Å². The highest BCUT2D eigenvalue weighted by Gasteiger charge is 2.28. The van der Waals surface area contributed by atoms with Crippen LogP contribution in [-0.4, -0.2) is 37.0 Å². The van der Waals surface area contributed by atoms with Crippen LogP contribution >= 0.6 is 11.6 Å². The second-order valence-electron chi connectivity index (χ2n) is 4.81. The van der Waals surface area contributed by atoms with Crippen molar-refractivity contribution in [1.29, 1.82) is 0 Å². The van der Waals surface area contributed by atoms with Gasteiger partial charge in [-0.2, -0.15) is 4.31 Å². The van der Waals surface area contributed by atoms with Gasteiger partial charge < -0.3 is 5.11 Å². The molecule has 21 heavy (non-hydrogen) atoms. The molecule has 0 fully saturated rings. The van der Waals surface area contributed by atoms with E-state index < -0.39 is 10.0 Å². The molecule has 0 aliphatic heterocycles. The van der Waals surface area contributed by atoms with Crippen LogP contribution in [0.3, 0.4) is 0 Å². The number of hydrogen-bond acceptors (Lipinski definition) is 3. The van der Waals surface area contributed by atoms with E-state index in [0.717, 1.165) is 6.42 Å². The second kappa shape index (κ2) is 7.81. The van der Waals surface area contributed by atoms with Crippen molar-refractivity contribution in [3.63, 3.8) is 0 Å². The van der Waals surface area contributed by atoms with Gasteiger partial charge in [-0.05, 0) is 38.5 Å². The van der Waals surface area contributed by atoms with E-state index in [1.807, 2.05) is 20.8 Å². The summed E-state index contributed by atoms with van der Waals surface area (Å²) in [5.74, 6) is 5.20. The van der Waals surface area contributed by atoms with Crippen LogP contribution in [0.25, 0.3) is 0 Å². The van der Waals surface area contributed by atoms with Crippen LogP contribution in [0, 0.1) is 11.8 Å². The first-order valence-corrected chi connectivity index (χ1v) is 8.57. The Morgan fingerprint density at radius 3 is 2.52 bits per heavy atom. The van der Waals surface area contributed by atoms with Gasteiger partial charge in [0, 0.05) is 18.2 Å². The summed E-state index contributed by atoms with van der Waals surface area (Å²) in [6.45, 7) is 5.79. The monoisotopic (exact) mass is 329 g/mol. The van der Waals surface area contributed by atoms with E-state index in [1.54, 1.807) is 6.07 Å². The number of aliphatic hydroxyl groups is 1. The van der Waals surface area contributed by atoms with Crippen molar-refractivity contribution in [2.45, 2.75) is 38.1 Å². The molecule has 1 N–H and O–H groups in total. The van der Waals surface area contributed by atoms with Gasteiger partial charge in [-0.1, -0.05) is 30.4 Å². The summed E-state index contributed by atoms with van der Waals surface area (Å²) in [4.78, 5) is 0.0841. The Hall–Kier alpha value is -1.06. The fourth-order valence-electron chi connectivity index (χ4n) is 1.93. The second-order valence-corrected chi connectivity index (χ2v) is 7.08. The van der Waals surface area contributed by atoms with Crippen LogP contribution < -0.4 is 0 Å². The molecule has 0 saturated carbocycles. The predicted octanol–water partition coefficient (Wildman–Crippen LogP) is 2.49. The number of aliphatic hydroxyl groups excluding tert-OH is 1. The zero-order valence-electron chi connectivity index (χ0n) is 12.4. The van der Waals surface area contributed by atoms with Gasteiger partial charge in [0.25, 0.3) is 0 Å². The van der Waals surface area contributed by atoms with Gasteiger partial charge in [0.2, 0.25) is 10.0 Å². The molecule has 0 aliphatic rings. The minimum absolute atomic E-state index is 0.0841. The number of hydrogen-bond donors (Lipinski definition) is 1. The van der Waals surface area contributed by atoms with E-state index in [9.17, 15) is 8.42 Å². The normalized spacial score (nSPS) is 11.6. The topological polar surface area (TPSA) is 57.6 Å². The fraction of sp³-hybridized carbons (Fsp3) is 0.467. The van der Waals surface area contributed by atoms with Crippen molar-refractivity contribution in [3.05, 3.63) is 28.8 Å². The first-order chi connectivity index (χ1) is 9.84. The van der Waals surface area contributed by atoms with Crippen molar-refractivity contribution >= 4 is 21.6 Å². The molecule has 0 heterocycles. The van der Waals surface area contributed by atoms with Crippen LogP contribution in [0.1, 0.15) is 32.8 Å². The maximum atomic E-state index is 12.7. The number of rotatable bonds is 5. The Labute approximate surface area is 131 Å². The Balaban J connectivity index is 3.25. The summed E-state index contributed by atoms with van der Waals surface area (Å²) >= 11 is 6.11. The lowest BCUT2D eigenvalue weighted by molar-refractivity contribution is 0.350. The molecule has 0 radical (unpaired) electrons. The standard InChI is InChI=1S/C15H20ClNO3S/c1-4-9-17(12(2)3)21(19,20)15-8-7-13(6-5-10-18)11-14(15)16/h7-8,11-12,18H,4,9-10H2,1-3H3. The number of nitrogens with zero attached hydrogens (tertiary/aromatic N) is 1. The van der Waals surface area contributed by atoms with E-state index >= 15 is 0 Å². The minimum Gasteiger partial charge on any atom is -0.384 e. The van der Waals surface area contributed by atoms with Crippen molar-refractivity contribution < 1.29 is 13.5 Å².